The molecule has 4 N–H and O–H groups in total. The van der Waals surface area contributed by atoms with Gasteiger partial charge in [0.1, 0.15) is 11.3 Å². The third kappa shape index (κ3) is 9.73. The Hall–Kier alpha value is -2.86. The van der Waals surface area contributed by atoms with E-state index in [0.29, 0.717) is 12.0 Å². The second-order valence-electron chi connectivity index (χ2n) is 5.57. The average molecular weight is 415 g/mol. The number of aliphatic carboxylic acids is 1. The Kier molecular flexibility index (Phi) is 9.96. The molecule has 1 atom stereocenters. The van der Waals surface area contributed by atoms with Gasteiger partial charge in [0.25, 0.3) is 5.91 Å². The lowest BCUT2D eigenvalue weighted by atomic mass is 9.92. The quantitative estimate of drug-likeness (QED) is 0.288. The highest BCUT2D eigenvalue weighted by molar-refractivity contribution is 7.46. The smallest absolute Gasteiger partial charge is 0.480 e. The van der Waals surface area contributed by atoms with Crippen LogP contribution in [0.15, 0.2) is 24.3 Å². The number of amides is 1. The first-order chi connectivity index (χ1) is 12.9. The van der Waals surface area contributed by atoms with Gasteiger partial charge in [0, 0.05) is 12.8 Å². The SMILES string of the molecule is C#CC(=O)N[C@](C)(Cc1ccc(OP(=O)(O)O)cc1)C(=O)O.CCC(=O)OC. The third-order valence-corrected chi connectivity index (χ3v) is 3.66. The van der Waals surface area contributed by atoms with E-state index in [0.717, 1.165) is 0 Å². The number of phosphoric ester groups is 1. The normalized spacial score (nSPS) is 12.3. The first kappa shape index (κ1) is 25.1. The van der Waals surface area contributed by atoms with E-state index in [1.54, 1.807) is 12.8 Å². The number of ether oxygens (including phenoxy) is 1. The van der Waals surface area contributed by atoms with E-state index in [-0.39, 0.29) is 18.1 Å². The number of esters is 1. The highest BCUT2D eigenvalue weighted by Gasteiger charge is 2.34. The van der Waals surface area contributed by atoms with Crippen LogP contribution >= 0.6 is 7.82 Å². The molecule has 0 aliphatic carbocycles. The summed E-state index contributed by atoms with van der Waals surface area (Å²) in [7, 11) is -3.27. The van der Waals surface area contributed by atoms with Gasteiger partial charge in [-0.25, -0.2) is 9.36 Å². The van der Waals surface area contributed by atoms with Crippen LogP contribution in [-0.2, 0) is 30.1 Å². The zero-order chi connectivity index (χ0) is 22.0. The Labute approximate surface area is 162 Å². The van der Waals surface area contributed by atoms with Crippen molar-refractivity contribution in [3.05, 3.63) is 29.8 Å². The van der Waals surface area contributed by atoms with Gasteiger partial charge in [-0.2, -0.15) is 0 Å². The van der Waals surface area contributed by atoms with Crippen LogP contribution in [0.1, 0.15) is 25.8 Å². The number of phosphoric acid groups is 1. The molecule has 0 unspecified atom stereocenters. The van der Waals surface area contributed by atoms with E-state index < -0.39 is 25.2 Å². The molecular weight excluding hydrogens is 393 g/mol. The Morgan fingerprint density at radius 3 is 2.11 bits per heavy atom. The predicted octanol–water partition coefficient (Wildman–Crippen LogP) is 0.863. The van der Waals surface area contributed by atoms with E-state index in [1.165, 1.54) is 38.3 Å². The van der Waals surface area contributed by atoms with Gasteiger partial charge < -0.3 is 19.7 Å². The summed E-state index contributed by atoms with van der Waals surface area (Å²) < 4.78 is 19.3. The number of nitrogens with one attached hydrogen (secondary N) is 1. The molecule has 10 nitrogen and oxygen atoms in total. The van der Waals surface area contributed by atoms with Gasteiger partial charge in [0.05, 0.1) is 7.11 Å². The number of terminal acetylenes is 1. The molecule has 11 heteroatoms. The number of carboxylic acids is 1. The molecule has 0 saturated carbocycles. The van der Waals surface area contributed by atoms with E-state index in [1.807, 2.05) is 0 Å². The van der Waals surface area contributed by atoms with Crippen molar-refractivity contribution in [2.75, 3.05) is 7.11 Å². The van der Waals surface area contributed by atoms with Crippen molar-refractivity contribution in [3.63, 3.8) is 0 Å². The number of carbonyl (C=O) groups is 3. The molecule has 0 aliphatic rings. The van der Waals surface area contributed by atoms with Crippen molar-refractivity contribution in [2.45, 2.75) is 32.2 Å². The molecule has 154 valence electrons. The summed E-state index contributed by atoms with van der Waals surface area (Å²) in [4.78, 5) is 49.8. The standard InChI is InChI=1S/C13H14NO7P.C4H8O2/c1-3-11(15)14-13(2,12(16)17)8-9-4-6-10(7-5-9)21-22(18,19)20;1-3-4(5)6-2/h1,4-7H,8H2,2H3,(H,14,15)(H,16,17)(H2,18,19,20);3H2,1-2H3/t13-;/m1./s1. The summed E-state index contributed by atoms with van der Waals surface area (Å²) in [5.41, 5.74) is -1.12. The number of carbonyl (C=O) groups excluding carboxylic acids is 2. The lowest BCUT2D eigenvalue weighted by Crippen LogP contribution is -2.53. The van der Waals surface area contributed by atoms with E-state index in [9.17, 15) is 24.1 Å². The molecule has 0 aliphatic heterocycles. The fourth-order valence-electron chi connectivity index (χ4n) is 1.82. The maximum absolute atomic E-state index is 11.3. The van der Waals surface area contributed by atoms with E-state index in [4.69, 9.17) is 16.2 Å². The monoisotopic (exact) mass is 415 g/mol. The maximum Gasteiger partial charge on any atom is 0.524 e. The number of hydrogen-bond donors (Lipinski definition) is 4. The summed E-state index contributed by atoms with van der Waals surface area (Å²) in [6.07, 6.45) is 5.30. The fourth-order valence-corrected chi connectivity index (χ4v) is 2.21. The van der Waals surface area contributed by atoms with Crippen LogP contribution < -0.4 is 9.84 Å². The zero-order valence-electron chi connectivity index (χ0n) is 15.5. The number of hydrogen-bond acceptors (Lipinski definition) is 6. The van der Waals surface area contributed by atoms with Gasteiger partial charge in [-0.1, -0.05) is 19.1 Å². The van der Waals surface area contributed by atoms with Crippen molar-refractivity contribution in [1.29, 1.82) is 0 Å². The fraction of sp³-hybridized carbons (Fsp3) is 0.353. The molecule has 1 rings (SSSR count). The molecule has 0 radical (unpaired) electrons. The first-order valence-electron chi connectivity index (χ1n) is 7.80. The van der Waals surface area contributed by atoms with Gasteiger partial charge in [-0.15, -0.1) is 6.42 Å². The van der Waals surface area contributed by atoms with E-state index >= 15 is 0 Å². The first-order valence-corrected chi connectivity index (χ1v) is 9.33. The molecule has 0 fully saturated rings. The van der Waals surface area contributed by atoms with Gasteiger partial charge in [0.2, 0.25) is 0 Å². The van der Waals surface area contributed by atoms with Crippen molar-refractivity contribution in [1.82, 2.24) is 5.32 Å². The molecule has 1 amide bonds. The average Bonchev–Trinajstić information content (AvgIpc) is 2.61. The Morgan fingerprint density at radius 2 is 1.79 bits per heavy atom. The van der Waals surface area contributed by atoms with Crippen LogP contribution in [-0.4, -0.2) is 45.4 Å². The van der Waals surface area contributed by atoms with Gasteiger partial charge in [-0.3, -0.25) is 19.4 Å². The Morgan fingerprint density at radius 1 is 1.25 bits per heavy atom. The molecule has 0 saturated heterocycles. The highest BCUT2D eigenvalue weighted by atomic mass is 31.2. The van der Waals surface area contributed by atoms with Gasteiger partial charge in [-0.05, 0) is 30.5 Å². The molecule has 1 aromatic rings. The van der Waals surface area contributed by atoms with Crippen molar-refractivity contribution < 1.29 is 43.1 Å². The minimum atomic E-state index is -4.66. The summed E-state index contributed by atoms with van der Waals surface area (Å²) in [5, 5.41) is 11.4. The highest BCUT2D eigenvalue weighted by Crippen LogP contribution is 2.37. The van der Waals surface area contributed by atoms with Crippen LogP contribution in [0.3, 0.4) is 0 Å². The zero-order valence-corrected chi connectivity index (χ0v) is 16.4. The summed E-state index contributed by atoms with van der Waals surface area (Å²) >= 11 is 0. The number of methoxy groups -OCH3 is 1. The minimum Gasteiger partial charge on any atom is -0.480 e. The topological polar surface area (TPSA) is 159 Å². The lowest BCUT2D eigenvalue weighted by Gasteiger charge is -2.25. The number of benzene rings is 1. The van der Waals surface area contributed by atoms with Crippen LogP contribution in [0.2, 0.25) is 0 Å². The van der Waals surface area contributed by atoms with Crippen molar-refractivity contribution >= 4 is 25.7 Å². The molecule has 0 spiro atoms. The minimum absolute atomic E-state index is 0.0678. The predicted molar refractivity (Wildman–Crippen MR) is 98.1 cm³/mol. The van der Waals surface area contributed by atoms with Gasteiger partial charge >= 0.3 is 19.8 Å². The Balaban J connectivity index is 0.00000105. The van der Waals surface area contributed by atoms with Crippen molar-refractivity contribution in [2.24, 2.45) is 0 Å². The molecule has 0 bridgehead atoms. The number of carboxylic acid groups (broad SMARTS) is 1. The maximum atomic E-state index is 11.3. The second kappa shape index (κ2) is 11.1. The summed E-state index contributed by atoms with van der Waals surface area (Å²) in [5.74, 6) is -0.576. The van der Waals surface area contributed by atoms with Crippen molar-refractivity contribution in [3.8, 4) is 18.1 Å². The summed E-state index contributed by atoms with van der Waals surface area (Å²) in [6.45, 7) is 3.05. The molecule has 28 heavy (non-hydrogen) atoms. The van der Waals surface area contributed by atoms with Gasteiger partial charge in [0.15, 0.2) is 0 Å². The molecule has 0 aromatic heterocycles. The van der Waals surface area contributed by atoms with E-state index in [2.05, 4.69) is 14.6 Å². The van der Waals surface area contributed by atoms with Crippen LogP contribution in [0.5, 0.6) is 5.75 Å². The Bertz CT molecular complexity index is 773. The van der Waals surface area contributed by atoms with Crippen LogP contribution in [0, 0.1) is 12.3 Å². The largest absolute Gasteiger partial charge is 0.524 e. The van der Waals surface area contributed by atoms with Crippen LogP contribution in [0.25, 0.3) is 0 Å². The number of rotatable bonds is 7. The lowest BCUT2D eigenvalue weighted by molar-refractivity contribution is -0.146. The second-order valence-corrected chi connectivity index (χ2v) is 6.73. The summed E-state index contributed by atoms with van der Waals surface area (Å²) in [6, 6.07) is 5.40. The molecule has 1 aromatic carbocycles. The molecule has 0 heterocycles. The van der Waals surface area contributed by atoms with Crippen LogP contribution in [0.4, 0.5) is 0 Å². The third-order valence-electron chi connectivity index (χ3n) is 3.21. The molecular formula is C17H22NO9P.